The van der Waals surface area contributed by atoms with Crippen LogP contribution in [0.25, 0.3) is 17.4 Å². The van der Waals surface area contributed by atoms with Crippen molar-refractivity contribution >= 4 is 17.7 Å². The van der Waals surface area contributed by atoms with Crippen molar-refractivity contribution < 1.29 is 24.1 Å². The second-order valence-electron chi connectivity index (χ2n) is 4.16. The summed E-state index contributed by atoms with van der Waals surface area (Å²) < 4.78 is 10.4. The quantitative estimate of drug-likeness (QED) is 0.379. The van der Waals surface area contributed by atoms with Gasteiger partial charge < -0.3 is 9.15 Å². The van der Waals surface area contributed by atoms with Gasteiger partial charge in [0.15, 0.2) is 5.75 Å². The van der Waals surface area contributed by atoms with E-state index in [0.717, 1.165) is 6.08 Å². The van der Waals surface area contributed by atoms with Crippen molar-refractivity contribution in [1.29, 1.82) is 0 Å². The first-order valence-corrected chi connectivity index (χ1v) is 6.10. The zero-order valence-electron chi connectivity index (χ0n) is 11.5. The fourth-order valence-corrected chi connectivity index (χ4v) is 1.78. The van der Waals surface area contributed by atoms with Gasteiger partial charge in [0.2, 0.25) is 0 Å². The van der Waals surface area contributed by atoms with Crippen molar-refractivity contribution in [2.45, 2.75) is 0 Å². The van der Waals surface area contributed by atoms with Crippen LogP contribution in [0.1, 0.15) is 5.76 Å². The summed E-state index contributed by atoms with van der Waals surface area (Å²) >= 11 is 0. The van der Waals surface area contributed by atoms with Gasteiger partial charge >= 0.3 is 5.69 Å². The Morgan fingerprint density at radius 1 is 1.41 bits per heavy atom. The van der Waals surface area contributed by atoms with Crippen molar-refractivity contribution in [2.75, 3.05) is 7.11 Å². The Morgan fingerprint density at radius 3 is 2.82 bits per heavy atom. The smallest absolute Gasteiger partial charge is 0.311 e. The Labute approximate surface area is 124 Å². The predicted octanol–water partition coefficient (Wildman–Crippen LogP) is 2.38. The number of furan rings is 1. The number of hydroxylamine groups is 1. The normalized spacial score (nSPS) is 10.6. The molecule has 2 aromatic rings. The fraction of sp³-hybridized carbons (Fsp3) is 0.0714. The molecule has 8 nitrogen and oxygen atoms in total. The Hall–Kier alpha value is -3.13. The Kier molecular flexibility index (Phi) is 4.54. The molecule has 22 heavy (non-hydrogen) atoms. The first kappa shape index (κ1) is 15.3. The van der Waals surface area contributed by atoms with E-state index >= 15 is 0 Å². The van der Waals surface area contributed by atoms with Crippen LogP contribution >= 0.6 is 0 Å². The van der Waals surface area contributed by atoms with Crippen LogP contribution in [0.2, 0.25) is 0 Å². The number of benzene rings is 1. The lowest BCUT2D eigenvalue weighted by molar-refractivity contribution is -0.385. The standard InChI is InChI=1S/C14H12N2O6/c1-21-13-5-2-9(8-11(13)16(19)20)12-6-3-10(22-12)4-7-14(17)15-18/h2-8,18H,1H3,(H,15,17)/b7-4+. The van der Waals surface area contributed by atoms with E-state index in [1.807, 2.05) is 0 Å². The molecule has 0 radical (unpaired) electrons. The van der Waals surface area contributed by atoms with Gasteiger partial charge in [-0.3, -0.25) is 20.1 Å². The minimum atomic E-state index is -0.696. The molecular formula is C14H12N2O6. The van der Waals surface area contributed by atoms with Crippen molar-refractivity contribution in [3.63, 3.8) is 0 Å². The summed E-state index contributed by atoms with van der Waals surface area (Å²) in [5, 5.41) is 19.4. The van der Waals surface area contributed by atoms with Gasteiger partial charge in [-0.05, 0) is 30.3 Å². The molecule has 1 aromatic heterocycles. The number of hydrogen-bond acceptors (Lipinski definition) is 6. The summed E-state index contributed by atoms with van der Waals surface area (Å²) in [7, 11) is 1.35. The molecular weight excluding hydrogens is 292 g/mol. The fourth-order valence-electron chi connectivity index (χ4n) is 1.78. The minimum absolute atomic E-state index is 0.153. The largest absolute Gasteiger partial charge is 0.490 e. The zero-order chi connectivity index (χ0) is 16.1. The number of amides is 1. The van der Waals surface area contributed by atoms with Gasteiger partial charge in [-0.1, -0.05) is 0 Å². The molecule has 8 heteroatoms. The van der Waals surface area contributed by atoms with E-state index in [9.17, 15) is 14.9 Å². The topological polar surface area (TPSA) is 115 Å². The van der Waals surface area contributed by atoms with Crippen LogP contribution in [0.5, 0.6) is 5.75 Å². The van der Waals surface area contributed by atoms with Crippen molar-refractivity contribution in [1.82, 2.24) is 5.48 Å². The number of nitrogens with zero attached hydrogens (tertiary/aromatic N) is 1. The first-order valence-electron chi connectivity index (χ1n) is 6.10. The summed E-state index contributed by atoms with van der Waals surface area (Å²) in [6.07, 6.45) is 2.44. The van der Waals surface area contributed by atoms with Gasteiger partial charge in [0.25, 0.3) is 5.91 Å². The molecule has 0 unspecified atom stereocenters. The van der Waals surface area contributed by atoms with Crippen molar-refractivity contribution in [2.24, 2.45) is 0 Å². The van der Waals surface area contributed by atoms with Gasteiger partial charge in [0.1, 0.15) is 11.5 Å². The SMILES string of the molecule is COc1ccc(-c2ccc(/C=C/C(=O)NO)o2)cc1[N+](=O)[O-]. The van der Waals surface area contributed by atoms with Gasteiger partial charge in [0.05, 0.1) is 12.0 Å². The lowest BCUT2D eigenvalue weighted by Gasteiger charge is -2.03. The highest BCUT2D eigenvalue weighted by Crippen LogP contribution is 2.32. The molecule has 0 atom stereocenters. The van der Waals surface area contributed by atoms with Crippen LogP contribution in [-0.2, 0) is 4.79 Å². The number of rotatable bonds is 5. The van der Waals surface area contributed by atoms with Crippen LogP contribution < -0.4 is 10.2 Å². The maximum absolute atomic E-state index is 11.0. The molecule has 114 valence electrons. The van der Waals surface area contributed by atoms with Crippen LogP contribution in [0.4, 0.5) is 5.69 Å². The van der Waals surface area contributed by atoms with E-state index in [1.165, 1.54) is 30.8 Å². The second-order valence-corrected chi connectivity index (χ2v) is 4.16. The maximum Gasteiger partial charge on any atom is 0.311 e. The van der Waals surface area contributed by atoms with Gasteiger partial charge in [-0.2, -0.15) is 0 Å². The van der Waals surface area contributed by atoms with Crippen LogP contribution in [0.3, 0.4) is 0 Å². The van der Waals surface area contributed by atoms with E-state index in [-0.39, 0.29) is 11.4 Å². The molecule has 0 aliphatic carbocycles. The molecule has 0 saturated heterocycles. The average molecular weight is 304 g/mol. The lowest BCUT2D eigenvalue weighted by Crippen LogP contribution is -2.14. The number of nitro benzene ring substituents is 1. The zero-order valence-corrected chi connectivity index (χ0v) is 11.5. The third-order valence-corrected chi connectivity index (χ3v) is 2.80. The lowest BCUT2D eigenvalue weighted by atomic mass is 10.1. The number of carbonyl (C=O) groups is 1. The molecule has 2 N–H and O–H groups in total. The number of hydrogen-bond donors (Lipinski definition) is 2. The Morgan fingerprint density at radius 2 is 2.18 bits per heavy atom. The van der Waals surface area contributed by atoms with Gasteiger partial charge in [-0.25, -0.2) is 5.48 Å². The van der Waals surface area contributed by atoms with E-state index in [4.69, 9.17) is 14.4 Å². The summed E-state index contributed by atoms with van der Waals surface area (Å²) in [4.78, 5) is 21.3. The molecule has 0 aliphatic heterocycles. The number of carbonyl (C=O) groups excluding carboxylic acids is 1. The third kappa shape index (κ3) is 3.30. The summed E-state index contributed by atoms with van der Waals surface area (Å²) in [6, 6.07) is 7.64. The van der Waals surface area contributed by atoms with Gasteiger partial charge in [-0.15, -0.1) is 0 Å². The number of nitro groups is 1. The predicted molar refractivity (Wildman–Crippen MR) is 76.3 cm³/mol. The monoisotopic (exact) mass is 304 g/mol. The van der Waals surface area contributed by atoms with Crippen molar-refractivity contribution in [3.8, 4) is 17.1 Å². The highest BCUT2D eigenvalue weighted by atomic mass is 16.6. The Balaban J connectivity index is 2.31. The number of ether oxygens (including phenoxy) is 1. The van der Waals surface area contributed by atoms with Crippen LogP contribution in [-0.4, -0.2) is 23.1 Å². The van der Waals surface area contributed by atoms with Crippen LogP contribution in [0, 0.1) is 10.1 Å². The van der Waals surface area contributed by atoms with E-state index in [0.29, 0.717) is 17.1 Å². The third-order valence-electron chi connectivity index (χ3n) is 2.80. The Bertz CT molecular complexity index is 735. The van der Waals surface area contributed by atoms with E-state index in [2.05, 4.69) is 0 Å². The molecule has 0 saturated carbocycles. The molecule has 0 aliphatic rings. The maximum atomic E-state index is 11.0. The molecule has 0 fully saturated rings. The molecule has 0 spiro atoms. The molecule has 1 heterocycles. The highest BCUT2D eigenvalue weighted by molar-refractivity contribution is 5.90. The van der Waals surface area contributed by atoms with Crippen molar-refractivity contribution in [3.05, 3.63) is 52.3 Å². The summed E-state index contributed by atoms with van der Waals surface area (Å²) in [5.74, 6) is 0.213. The molecule has 1 amide bonds. The van der Waals surface area contributed by atoms with E-state index < -0.39 is 10.8 Å². The summed E-state index contributed by atoms with van der Waals surface area (Å²) in [5.41, 5.74) is 1.78. The number of nitrogens with one attached hydrogen (secondary N) is 1. The second kappa shape index (κ2) is 6.55. The first-order chi connectivity index (χ1) is 10.5. The average Bonchev–Trinajstić information content (AvgIpc) is 3.00. The highest BCUT2D eigenvalue weighted by Gasteiger charge is 2.17. The molecule has 1 aromatic carbocycles. The minimum Gasteiger partial charge on any atom is -0.490 e. The molecule has 0 bridgehead atoms. The van der Waals surface area contributed by atoms with E-state index in [1.54, 1.807) is 18.2 Å². The summed E-state index contributed by atoms with van der Waals surface area (Å²) in [6.45, 7) is 0. The van der Waals surface area contributed by atoms with Crippen LogP contribution in [0.15, 0.2) is 40.8 Å². The van der Waals surface area contributed by atoms with Gasteiger partial charge in [0, 0.05) is 17.7 Å². The molecule has 2 rings (SSSR count). The number of methoxy groups -OCH3 is 1.